The number of rotatable bonds is 5. The van der Waals surface area contributed by atoms with Crippen LogP contribution in [0.5, 0.6) is 23.0 Å². The molecule has 1 aliphatic heterocycles. The third kappa shape index (κ3) is 3.64. The summed E-state index contributed by atoms with van der Waals surface area (Å²) in [6, 6.07) is 22.2. The quantitative estimate of drug-likeness (QED) is 0.678. The molecule has 2 unspecified atom stereocenters. The van der Waals surface area contributed by atoms with Crippen molar-refractivity contribution < 1.29 is 24.1 Å². The minimum Gasteiger partial charge on any atom is -0.478 e. The van der Waals surface area contributed by atoms with Gasteiger partial charge in [0.25, 0.3) is 0 Å². The van der Waals surface area contributed by atoms with Gasteiger partial charge in [-0.15, -0.1) is 0 Å². The Morgan fingerprint density at radius 3 is 2.04 bits per heavy atom. The smallest absolute Gasteiger partial charge is 0.349 e. The lowest BCUT2D eigenvalue weighted by Gasteiger charge is -2.31. The maximum atomic E-state index is 11.7. The molecule has 4 rings (SSSR count). The van der Waals surface area contributed by atoms with Gasteiger partial charge in [0, 0.05) is 0 Å². The first-order chi connectivity index (χ1) is 13.6. The largest absolute Gasteiger partial charge is 0.478 e. The predicted molar refractivity (Wildman–Crippen MR) is 104 cm³/mol. The van der Waals surface area contributed by atoms with Gasteiger partial charge in [0.1, 0.15) is 11.5 Å². The SMILES string of the molecule is CCc1ccc(Oc2ccc(C3Oc4ccccc4OC3C(=O)O)cc2)cc1. The molecule has 2 atom stereocenters. The van der Waals surface area contributed by atoms with Crippen LogP contribution in [0.4, 0.5) is 0 Å². The molecule has 3 aromatic carbocycles. The molecular weight excluding hydrogens is 356 g/mol. The number of aliphatic carboxylic acids is 1. The molecule has 0 fully saturated rings. The van der Waals surface area contributed by atoms with Crippen LogP contribution in [0.15, 0.2) is 72.8 Å². The van der Waals surface area contributed by atoms with E-state index in [-0.39, 0.29) is 0 Å². The highest BCUT2D eigenvalue weighted by molar-refractivity contribution is 5.75. The maximum Gasteiger partial charge on any atom is 0.349 e. The third-order valence-electron chi connectivity index (χ3n) is 4.65. The average Bonchev–Trinajstić information content (AvgIpc) is 2.74. The second kappa shape index (κ2) is 7.64. The molecule has 1 aliphatic rings. The van der Waals surface area contributed by atoms with Crippen molar-refractivity contribution in [3.8, 4) is 23.0 Å². The van der Waals surface area contributed by atoms with Crippen LogP contribution in [0.1, 0.15) is 24.2 Å². The van der Waals surface area contributed by atoms with Gasteiger partial charge < -0.3 is 19.3 Å². The molecule has 0 bridgehead atoms. The second-order valence-corrected chi connectivity index (χ2v) is 6.53. The normalized spacial score (nSPS) is 17.8. The van der Waals surface area contributed by atoms with Crippen LogP contribution in [-0.2, 0) is 11.2 Å². The molecule has 0 spiro atoms. The van der Waals surface area contributed by atoms with Crippen molar-refractivity contribution in [3.05, 3.63) is 83.9 Å². The molecule has 0 amide bonds. The van der Waals surface area contributed by atoms with Gasteiger partial charge in [-0.3, -0.25) is 0 Å². The number of benzene rings is 3. The van der Waals surface area contributed by atoms with E-state index in [0.717, 1.165) is 12.2 Å². The van der Waals surface area contributed by atoms with Gasteiger partial charge in [-0.05, 0) is 53.9 Å². The van der Waals surface area contributed by atoms with Crippen LogP contribution in [0.25, 0.3) is 0 Å². The van der Waals surface area contributed by atoms with Crippen LogP contribution in [0.3, 0.4) is 0 Å². The number of ether oxygens (including phenoxy) is 3. The number of carboxylic acids is 1. The van der Waals surface area contributed by atoms with Gasteiger partial charge in [-0.1, -0.05) is 43.3 Å². The van der Waals surface area contributed by atoms with Crippen molar-refractivity contribution in [3.63, 3.8) is 0 Å². The Bertz CT molecular complexity index is 963. The average molecular weight is 376 g/mol. The van der Waals surface area contributed by atoms with E-state index in [1.54, 1.807) is 42.5 Å². The summed E-state index contributed by atoms with van der Waals surface area (Å²) in [5.74, 6) is 1.30. The summed E-state index contributed by atoms with van der Waals surface area (Å²) < 4.78 is 17.4. The number of hydrogen-bond acceptors (Lipinski definition) is 4. The summed E-state index contributed by atoms with van der Waals surface area (Å²) >= 11 is 0. The topological polar surface area (TPSA) is 65.0 Å². The van der Waals surface area contributed by atoms with Crippen LogP contribution in [0.2, 0.25) is 0 Å². The monoisotopic (exact) mass is 376 g/mol. The first kappa shape index (κ1) is 17.9. The standard InChI is InChI=1S/C23H20O5/c1-2-15-7-11-17(12-8-15)26-18-13-9-16(10-14-18)21-22(23(24)25)28-20-6-4-3-5-19(20)27-21/h3-14,21-22H,2H2,1H3,(H,24,25). The lowest BCUT2D eigenvalue weighted by atomic mass is 10.0. The van der Waals surface area contributed by atoms with Gasteiger partial charge in [-0.2, -0.15) is 0 Å². The fourth-order valence-corrected chi connectivity index (χ4v) is 3.12. The Balaban J connectivity index is 1.54. The zero-order valence-corrected chi connectivity index (χ0v) is 15.4. The molecule has 5 heteroatoms. The highest BCUT2D eigenvalue weighted by atomic mass is 16.6. The number of carboxylic acid groups (broad SMARTS) is 1. The fourth-order valence-electron chi connectivity index (χ4n) is 3.12. The van der Waals surface area contributed by atoms with Gasteiger partial charge in [0.05, 0.1) is 0 Å². The Kier molecular flexibility index (Phi) is 4.89. The molecule has 1 heterocycles. The molecule has 28 heavy (non-hydrogen) atoms. The van der Waals surface area contributed by atoms with E-state index < -0.39 is 18.2 Å². The first-order valence-corrected chi connectivity index (χ1v) is 9.16. The van der Waals surface area contributed by atoms with Crippen LogP contribution < -0.4 is 14.2 Å². The van der Waals surface area contributed by atoms with Crippen LogP contribution in [0, 0.1) is 0 Å². The number of fused-ring (bicyclic) bond motifs is 1. The van der Waals surface area contributed by atoms with Crippen molar-refractivity contribution in [1.29, 1.82) is 0 Å². The zero-order valence-electron chi connectivity index (χ0n) is 15.4. The van der Waals surface area contributed by atoms with Crippen LogP contribution >= 0.6 is 0 Å². The van der Waals surface area contributed by atoms with Crippen molar-refractivity contribution in [2.24, 2.45) is 0 Å². The molecule has 0 saturated heterocycles. The Hall–Kier alpha value is -3.47. The molecule has 3 aromatic rings. The highest BCUT2D eigenvalue weighted by Crippen LogP contribution is 2.39. The summed E-state index contributed by atoms with van der Waals surface area (Å²) in [7, 11) is 0. The summed E-state index contributed by atoms with van der Waals surface area (Å²) in [6.07, 6.45) is -0.889. The molecule has 0 aromatic heterocycles. The molecule has 5 nitrogen and oxygen atoms in total. The molecule has 142 valence electrons. The minimum atomic E-state index is -1.12. The van der Waals surface area contributed by atoms with Crippen molar-refractivity contribution >= 4 is 5.97 Å². The summed E-state index contributed by atoms with van der Waals surface area (Å²) in [5, 5.41) is 9.56. The molecular formula is C23H20O5. The van der Waals surface area contributed by atoms with Gasteiger partial charge in [0.15, 0.2) is 17.6 Å². The van der Waals surface area contributed by atoms with Crippen LogP contribution in [-0.4, -0.2) is 17.2 Å². The van der Waals surface area contributed by atoms with Gasteiger partial charge >= 0.3 is 5.97 Å². The number of aryl methyl sites for hydroxylation is 1. The predicted octanol–water partition coefficient (Wildman–Crippen LogP) is 5.01. The number of para-hydroxylation sites is 2. The minimum absolute atomic E-state index is 0.432. The van der Waals surface area contributed by atoms with E-state index >= 15 is 0 Å². The number of hydrogen-bond donors (Lipinski definition) is 1. The van der Waals surface area contributed by atoms with Crippen molar-refractivity contribution in [1.82, 2.24) is 0 Å². The van der Waals surface area contributed by atoms with E-state index in [9.17, 15) is 9.90 Å². The van der Waals surface area contributed by atoms with Gasteiger partial charge in [-0.25, -0.2) is 4.79 Å². The van der Waals surface area contributed by atoms with Crippen molar-refractivity contribution in [2.45, 2.75) is 25.6 Å². The maximum absolute atomic E-state index is 11.7. The first-order valence-electron chi connectivity index (χ1n) is 9.16. The second-order valence-electron chi connectivity index (χ2n) is 6.53. The van der Waals surface area contributed by atoms with E-state index in [1.165, 1.54) is 5.56 Å². The lowest BCUT2D eigenvalue weighted by molar-refractivity contribution is -0.151. The summed E-state index contributed by atoms with van der Waals surface area (Å²) in [5.41, 5.74) is 1.95. The van der Waals surface area contributed by atoms with E-state index in [2.05, 4.69) is 6.92 Å². The molecule has 0 saturated carbocycles. The molecule has 0 aliphatic carbocycles. The van der Waals surface area contributed by atoms with E-state index in [0.29, 0.717) is 22.8 Å². The van der Waals surface area contributed by atoms with E-state index in [1.807, 2.05) is 30.3 Å². The third-order valence-corrected chi connectivity index (χ3v) is 4.65. The number of carbonyl (C=O) groups is 1. The lowest BCUT2D eigenvalue weighted by Crippen LogP contribution is -2.39. The fraction of sp³-hybridized carbons (Fsp3) is 0.174. The van der Waals surface area contributed by atoms with Gasteiger partial charge in [0.2, 0.25) is 6.10 Å². The Morgan fingerprint density at radius 1 is 0.893 bits per heavy atom. The summed E-state index contributed by atoms with van der Waals surface area (Å²) in [6.45, 7) is 2.11. The Labute approximate surface area is 163 Å². The summed E-state index contributed by atoms with van der Waals surface area (Å²) in [4.78, 5) is 11.7. The van der Waals surface area contributed by atoms with Crippen molar-refractivity contribution in [2.75, 3.05) is 0 Å². The highest BCUT2D eigenvalue weighted by Gasteiger charge is 2.38. The molecule has 1 N–H and O–H groups in total. The molecule has 0 radical (unpaired) electrons. The Morgan fingerprint density at radius 2 is 1.46 bits per heavy atom. The van der Waals surface area contributed by atoms with E-state index in [4.69, 9.17) is 14.2 Å². The zero-order chi connectivity index (χ0) is 19.5.